The predicted octanol–water partition coefficient (Wildman–Crippen LogP) is 3.37. The summed E-state index contributed by atoms with van der Waals surface area (Å²) in [6.45, 7) is 4.87. The van der Waals surface area contributed by atoms with Crippen LogP contribution in [0.1, 0.15) is 48.9 Å². The van der Waals surface area contributed by atoms with E-state index >= 15 is 0 Å². The van der Waals surface area contributed by atoms with Gasteiger partial charge in [0.25, 0.3) is 0 Å². The van der Waals surface area contributed by atoms with Crippen molar-refractivity contribution in [2.45, 2.75) is 39.0 Å². The van der Waals surface area contributed by atoms with E-state index in [1.165, 1.54) is 0 Å². The Kier molecular flexibility index (Phi) is 4.13. The molecule has 5 nitrogen and oxygen atoms in total. The largest absolute Gasteiger partial charge is 0.494 e. The summed E-state index contributed by atoms with van der Waals surface area (Å²) in [5, 5.41) is 9.94. The molecule has 0 aliphatic carbocycles. The molecule has 2 aromatic rings. The van der Waals surface area contributed by atoms with Gasteiger partial charge in [0.1, 0.15) is 5.75 Å². The molecule has 0 saturated carbocycles. The van der Waals surface area contributed by atoms with Gasteiger partial charge in [-0.2, -0.15) is 5.10 Å². The first-order valence-corrected chi connectivity index (χ1v) is 7.76. The standard InChI is InChI=1S/C17H21N3O2/c1-3-4-9-22-13-7-5-12(6-8-13)14-10-15(21)18-17-16(14)11(2)19-20-17/h5-8,14H,3-4,9-10H2,1-2H3,(H2,18,19,20,21)/t14-/m1/s1. The van der Waals surface area contributed by atoms with E-state index in [-0.39, 0.29) is 11.8 Å². The van der Waals surface area contributed by atoms with Gasteiger partial charge in [-0.05, 0) is 31.0 Å². The van der Waals surface area contributed by atoms with Crippen LogP contribution in [0.4, 0.5) is 5.82 Å². The number of unbranched alkanes of at least 4 members (excludes halogenated alkanes) is 1. The molecule has 1 atom stereocenters. The highest BCUT2D eigenvalue weighted by Gasteiger charge is 2.30. The zero-order valence-electron chi connectivity index (χ0n) is 13.0. The van der Waals surface area contributed by atoms with Crippen molar-refractivity contribution >= 4 is 11.7 Å². The molecular formula is C17H21N3O2. The maximum atomic E-state index is 11.9. The summed E-state index contributed by atoms with van der Waals surface area (Å²) in [6, 6.07) is 8.04. The number of fused-ring (bicyclic) bond motifs is 1. The lowest BCUT2D eigenvalue weighted by Gasteiger charge is -2.23. The zero-order chi connectivity index (χ0) is 15.5. The third-order valence-corrected chi connectivity index (χ3v) is 4.04. The summed E-state index contributed by atoms with van der Waals surface area (Å²) in [5.41, 5.74) is 3.20. The first-order chi connectivity index (χ1) is 10.7. The van der Waals surface area contributed by atoms with E-state index < -0.39 is 0 Å². The molecule has 2 N–H and O–H groups in total. The molecule has 3 rings (SSSR count). The van der Waals surface area contributed by atoms with E-state index in [1.54, 1.807) is 0 Å². The summed E-state index contributed by atoms with van der Waals surface area (Å²) < 4.78 is 5.69. The Labute approximate surface area is 130 Å². The first kappa shape index (κ1) is 14.6. The lowest BCUT2D eigenvalue weighted by molar-refractivity contribution is -0.116. The molecule has 1 aliphatic rings. The minimum atomic E-state index is 0.00673. The van der Waals surface area contributed by atoms with Gasteiger partial charge in [-0.1, -0.05) is 25.5 Å². The third kappa shape index (κ3) is 2.84. The number of aromatic amines is 1. The molecule has 1 aromatic carbocycles. The Hall–Kier alpha value is -2.30. The van der Waals surface area contributed by atoms with Gasteiger partial charge in [-0.3, -0.25) is 9.89 Å². The van der Waals surface area contributed by atoms with Crippen molar-refractivity contribution in [3.8, 4) is 5.75 Å². The number of H-pyrrole nitrogens is 1. The molecular weight excluding hydrogens is 278 g/mol. The van der Waals surface area contributed by atoms with Crippen molar-refractivity contribution in [1.82, 2.24) is 10.2 Å². The number of nitrogens with zero attached hydrogens (tertiary/aromatic N) is 1. The number of rotatable bonds is 5. The number of ether oxygens (including phenoxy) is 1. The van der Waals surface area contributed by atoms with Crippen molar-refractivity contribution in [2.24, 2.45) is 0 Å². The molecule has 1 amide bonds. The molecule has 0 spiro atoms. The van der Waals surface area contributed by atoms with Crippen LogP contribution < -0.4 is 10.1 Å². The van der Waals surface area contributed by atoms with Gasteiger partial charge in [-0.25, -0.2) is 0 Å². The summed E-state index contributed by atoms with van der Waals surface area (Å²) in [6.07, 6.45) is 2.63. The number of carbonyl (C=O) groups is 1. The van der Waals surface area contributed by atoms with Gasteiger partial charge < -0.3 is 10.1 Å². The van der Waals surface area contributed by atoms with Crippen LogP contribution in [0, 0.1) is 6.92 Å². The number of anilines is 1. The second kappa shape index (κ2) is 6.22. The number of nitrogens with one attached hydrogen (secondary N) is 2. The van der Waals surface area contributed by atoms with Crippen LogP contribution in [0.3, 0.4) is 0 Å². The van der Waals surface area contributed by atoms with E-state index in [0.29, 0.717) is 12.2 Å². The van der Waals surface area contributed by atoms with Crippen LogP contribution in [-0.2, 0) is 4.79 Å². The summed E-state index contributed by atoms with van der Waals surface area (Å²) in [4.78, 5) is 11.9. The van der Waals surface area contributed by atoms with Crippen molar-refractivity contribution in [1.29, 1.82) is 0 Å². The average Bonchev–Trinajstić information content (AvgIpc) is 2.89. The van der Waals surface area contributed by atoms with Crippen LogP contribution in [-0.4, -0.2) is 22.7 Å². The predicted molar refractivity (Wildman–Crippen MR) is 85.3 cm³/mol. The number of carbonyl (C=O) groups excluding carboxylic acids is 1. The number of hydrogen-bond acceptors (Lipinski definition) is 3. The van der Waals surface area contributed by atoms with E-state index in [9.17, 15) is 4.79 Å². The van der Waals surface area contributed by atoms with Crippen LogP contribution in [0.2, 0.25) is 0 Å². The molecule has 0 saturated heterocycles. The fourth-order valence-electron chi connectivity index (χ4n) is 2.85. The maximum absolute atomic E-state index is 11.9. The third-order valence-electron chi connectivity index (χ3n) is 4.04. The molecule has 0 fully saturated rings. The molecule has 0 bridgehead atoms. The van der Waals surface area contributed by atoms with Gasteiger partial charge in [0.05, 0.1) is 6.61 Å². The molecule has 5 heteroatoms. The monoisotopic (exact) mass is 299 g/mol. The summed E-state index contributed by atoms with van der Waals surface area (Å²) in [7, 11) is 0. The topological polar surface area (TPSA) is 67.0 Å². The Balaban J connectivity index is 1.82. The number of benzene rings is 1. The average molecular weight is 299 g/mol. The number of amides is 1. The highest BCUT2D eigenvalue weighted by Crippen LogP contribution is 2.38. The Bertz CT molecular complexity index is 661. The van der Waals surface area contributed by atoms with Gasteiger partial charge in [0, 0.05) is 23.6 Å². The first-order valence-electron chi connectivity index (χ1n) is 7.76. The molecule has 22 heavy (non-hydrogen) atoms. The van der Waals surface area contributed by atoms with Crippen LogP contribution in [0.5, 0.6) is 5.75 Å². The van der Waals surface area contributed by atoms with Crippen LogP contribution in [0.15, 0.2) is 24.3 Å². The second-order valence-corrected chi connectivity index (χ2v) is 5.69. The Morgan fingerprint density at radius 2 is 2.09 bits per heavy atom. The van der Waals surface area contributed by atoms with Crippen molar-refractivity contribution in [3.63, 3.8) is 0 Å². The minimum Gasteiger partial charge on any atom is -0.494 e. The van der Waals surface area contributed by atoms with Crippen molar-refractivity contribution in [2.75, 3.05) is 11.9 Å². The molecule has 1 aliphatic heterocycles. The van der Waals surface area contributed by atoms with Crippen molar-refractivity contribution in [3.05, 3.63) is 41.1 Å². The highest BCUT2D eigenvalue weighted by atomic mass is 16.5. The normalized spacial score (nSPS) is 17.0. The smallest absolute Gasteiger partial charge is 0.226 e. The summed E-state index contributed by atoms with van der Waals surface area (Å²) >= 11 is 0. The Morgan fingerprint density at radius 1 is 1.32 bits per heavy atom. The van der Waals surface area contributed by atoms with E-state index in [4.69, 9.17) is 4.74 Å². The van der Waals surface area contributed by atoms with Crippen molar-refractivity contribution < 1.29 is 9.53 Å². The van der Waals surface area contributed by atoms with Gasteiger partial charge in [0.15, 0.2) is 5.82 Å². The van der Waals surface area contributed by atoms with E-state index in [1.807, 2.05) is 31.2 Å². The highest BCUT2D eigenvalue weighted by molar-refractivity contribution is 5.94. The lowest BCUT2D eigenvalue weighted by Crippen LogP contribution is -2.23. The van der Waals surface area contributed by atoms with Gasteiger partial charge in [0.2, 0.25) is 5.91 Å². The zero-order valence-corrected chi connectivity index (χ0v) is 13.0. The number of hydrogen-bond donors (Lipinski definition) is 2. The van der Waals surface area contributed by atoms with Gasteiger partial charge in [-0.15, -0.1) is 0 Å². The van der Waals surface area contributed by atoms with Crippen LogP contribution in [0.25, 0.3) is 0 Å². The molecule has 0 radical (unpaired) electrons. The van der Waals surface area contributed by atoms with Gasteiger partial charge >= 0.3 is 0 Å². The lowest BCUT2D eigenvalue weighted by atomic mass is 9.86. The van der Waals surface area contributed by atoms with E-state index in [2.05, 4.69) is 22.4 Å². The quantitative estimate of drug-likeness (QED) is 0.832. The molecule has 2 heterocycles. The molecule has 1 aromatic heterocycles. The fourth-order valence-corrected chi connectivity index (χ4v) is 2.85. The minimum absolute atomic E-state index is 0.00673. The Morgan fingerprint density at radius 3 is 2.82 bits per heavy atom. The SMILES string of the molecule is CCCCOc1ccc([C@H]2CC(=O)Nc3n[nH]c(C)c32)cc1. The number of aryl methyl sites for hydroxylation is 1. The molecule has 0 unspecified atom stereocenters. The fraction of sp³-hybridized carbons (Fsp3) is 0.412. The molecule has 116 valence electrons. The summed E-state index contributed by atoms with van der Waals surface area (Å²) in [5.74, 6) is 1.59. The number of aromatic nitrogens is 2. The van der Waals surface area contributed by atoms with E-state index in [0.717, 1.165) is 42.0 Å². The maximum Gasteiger partial charge on any atom is 0.226 e. The van der Waals surface area contributed by atoms with Crippen LogP contribution >= 0.6 is 0 Å². The second-order valence-electron chi connectivity index (χ2n) is 5.69.